The van der Waals surface area contributed by atoms with Gasteiger partial charge in [-0.25, -0.2) is 9.97 Å². The van der Waals surface area contributed by atoms with Gasteiger partial charge in [-0.1, -0.05) is 13.8 Å². The first-order valence-corrected chi connectivity index (χ1v) is 6.03. The molecule has 0 aliphatic rings. The minimum Gasteiger partial charge on any atom is -0.396 e. The number of aliphatic hydroxyl groups is 1. The van der Waals surface area contributed by atoms with Crippen molar-refractivity contribution in [2.24, 2.45) is 5.92 Å². The Bertz CT molecular complexity index is 356. The van der Waals surface area contributed by atoms with Gasteiger partial charge in [0.25, 0.3) is 0 Å². The lowest BCUT2D eigenvalue weighted by Crippen LogP contribution is -2.27. The lowest BCUT2D eigenvalue weighted by atomic mass is 10.0. The molecule has 0 aromatic carbocycles. The van der Waals surface area contributed by atoms with Crippen LogP contribution in [0.2, 0.25) is 0 Å². The molecule has 1 aromatic rings. The van der Waals surface area contributed by atoms with Crippen LogP contribution in [0.15, 0.2) is 6.33 Å². The largest absolute Gasteiger partial charge is 0.396 e. The number of hydrogen-bond acceptors (Lipinski definition) is 5. The molecule has 1 rings (SSSR count). The molecular formula is C12H22N4O. The van der Waals surface area contributed by atoms with Gasteiger partial charge in [0.05, 0.1) is 0 Å². The molecule has 0 spiro atoms. The van der Waals surface area contributed by atoms with E-state index < -0.39 is 0 Å². The maximum Gasteiger partial charge on any atom is 0.134 e. The third kappa shape index (κ3) is 3.30. The van der Waals surface area contributed by atoms with Gasteiger partial charge < -0.3 is 15.7 Å². The zero-order valence-electron chi connectivity index (χ0n) is 11.0. The number of anilines is 2. The zero-order valence-corrected chi connectivity index (χ0v) is 11.0. The van der Waals surface area contributed by atoms with Gasteiger partial charge in [0, 0.05) is 25.3 Å². The van der Waals surface area contributed by atoms with Crippen LogP contribution in [-0.2, 0) is 6.42 Å². The highest BCUT2D eigenvalue weighted by atomic mass is 16.3. The molecule has 0 aliphatic carbocycles. The first kappa shape index (κ1) is 13.7. The molecule has 0 fully saturated rings. The van der Waals surface area contributed by atoms with E-state index in [0.29, 0.717) is 0 Å². The van der Waals surface area contributed by atoms with Crippen molar-refractivity contribution in [1.29, 1.82) is 0 Å². The van der Waals surface area contributed by atoms with Gasteiger partial charge in [-0.05, 0) is 19.3 Å². The van der Waals surface area contributed by atoms with Crippen molar-refractivity contribution in [3.63, 3.8) is 0 Å². The maximum absolute atomic E-state index is 9.13. The van der Waals surface area contributed by atoms with E-state index in [1.165, 1.54) is 0 Å². The van der Waals surface area contributed by atoms with Gasteiger partial charge >= 0.3 is 0 Å². The summed E-state index contributed by atoms with van der Waals surface area (Å²) in [6.45, 7) is 6.29. The molecule has 0 saturated carbocycles. The van der Waals surface area contributed by atoms with Crippen molar-refractivity contribution >= 4 is 11.6 Å². The molecule has 0 bridgehead atoms. The molecule has 0 radical (unpaired) electrons. The summed E-state index contributed by atoms with van der Waals surface area (Å²) in [5, 5.41) is 15.5. The summed E-state index contributed by atoms with van der Waals surface area (Å²) in [5.74, 6) is 1.89. The molecule has 0 amide bonds. The fraction of sp³-hybridized carbons (Fsp3) is 0.667. The van der Waals surface area contributed by atoms with Gasteiger partial charge in [0.15, 0.2) is 0 Å². The van der Waals surface area contributed by atoms with Crippen LogP contribution in [0.5, 0.6) is 0 Å². The summed E-state index contributed by atoms with van der Waals surface area (Å²) in [6.07, 6.45) is 2.41. The molecule has 5 heteroatoms. The van der Waals surface area contributed by atoms with Crippen molar-refractivity contribution in [2.75, 3.05) is 24.3 Å². The lowest BCUT2D eigenvalue weighted by Gasteiger charge is -2.21. The van der Waals surface area contributed by atoms with Gasteiger partial charge in [0.1, 0.15) is 18.0 Å². The molecule has 1 heterocycles. The molecule has 0 aliphatic heterocycles. The van der Waals surface area contributed by atoms with E-state index in [-0.39, 0.29) is 18.6 Å². The van der Waals surface area contributed by atoms with Gasteiger partial charge in [-0.3, -0.25) is 0 Å². The second-order valence-electron chi connectivity index (χ2n) is 4.25. The normalized spacial score (nSPS) is 14.2. The quantitative estimate of drug-likeness (QED) is 0.701. The Labute approximate surface area is 103 Å². The van der Waals surface area contributed by atoms with E-state index in [9.17, 15) is 0 Å². The molecule has 0 saturated heterocycles. The minimum atomic E-state index is 0.166. The Morgan fingerprint density at radius 1 is 1.29 bits per heavy atom. The predicted octanol–water partition coefficient (Wildman–Crippen LogP) is 1.51. The van der Waals surface area contributed by atoms with Crippen molar-refractivity contribution in [2.45, 2.75) is 33.2 Å². The predicted molar refractivity (Wildman–Crippen MR) is 70.3 cm³/mol. The standard InChI is InChI=1S/C12H22N4O/c1-5-10-11(13-4)14-7-15-12(10)16-9(3)8(2)6-17/h7-9,17H,5-6H2,1-4H3,(H2,13,14,15,16). The van der Waals surface area contributed by atoms with E-state index >= 15 is 0 Å². The van der Waals surface area contributed by atoms with Crippen LogP contribution in [0, 0.1) is 5.92 Å². The maximum atomic E-state index is 9.13. The van der Waals surface area contributed by atoms with Crippen LogP contribution in [-0.4, -0.2) is 34.8 Å². The molecule has 3 N–H and O–H groups in total. The number of nitrogens with zero attached hydrogens (tertiary/aromatic N) is 2. The minimum absolute atomic E-state index is 0.166. The van der Waals surface area contributed by atoms with Gasteiger partial charge in [-0.15, -0.1) is 0 Å². The monoisotopic (exact) mass is 238 g/mol. The summed E-state index contributed by atoms with van der Waals surface area (Å²) in [5.41, 5.74) is 1.08. The number of aromatic nitrogens is 2. The Morgan fingerprint density at radius 2 is 1.94 bits per heavy atom. The van der Waals surface area contributed by atoms with Crippen LogP contribution in [0.1, 0.15) is 26.3 Å². The van der Waals surface area contributed by atoms with Crippen LogP contribution >= 0.6 is 0 Å². The fourth-order valence-electron chi connectivity index (χ4n) is 1.60. The molecule has 5 nitrogen and oxygen atoms in total. The van der Waals surface area contributed by atoms with Crippen LogP contribution in [0.4, 0.5) is 11.6 Å². The summed E-state index contributed by atoms with van der Waals surface area (Å²) in [6, 6.07) is 0.171. The first-order valence-electron chi connectivity index (χ1n) is 6.03. The lowest BCUT2D eigenvalue weighted by molar-refractivity contribution is 0.226. The zero-order chi connectivity index (χ0) is 12.8. The summed E-state index contributed by atoms with van der Waals surface area (Å²) < 4.78 is 0. The van der Waals surface area contributed by atoms with Crippen LogP contribution in [0.3, 0.4) is 0 Å². The third-order valence-corrected chi connectivity index (χ3v) is 3.04. The highest BCUT2D eigenvalue weighted by Crippen LogP contribution is 2.21. The highest BCUT2D eigenvalue weighted by molar-refractivity contribution is 5.57. The SMILES string of the molecule is CCc1c(NC)ncnc1NC(C)C(C)CO. The highest BCUT2D eigenvalue weighted by Gasteiger charge is 2.15. The topological polar surface area (TPSA) is 70.1 Å². The molecule has 2 unspecified atom stereocenters. The molecule has 2 atom stereocenters. The second kappa shape index (κ2) is 6.39. The summed E-state index contributed by atoms with van der Waals surface area (Å²) in [7, 11) is 1.85. The van der Waals surface area contributed by atoms with Gasteiger partial charge in [-0.2, -0.15) is 0 Å². The Balaban J connectivity index is 2.90. The Morgan fingerprint density at radius 3 is 2.47 bits per heavy atom. The fourth-order valence-corrected chi connectivity index (χ4v) is 1.60. The summed E-state index contributed by atoms with van der Waals surface area (Å²) >= 11 is 0. The smallest absolute Gasteiger partial charge is 0.134 e. The number of aliphatic hydroxyl groups excluding tert-OH is 1. The van der Waals surface area contributed by atoms with Gasteiger partial charge in [0.2, 0.25) is 0 Å². The Kier molecular flexibility index (Phi) is 5.15. The first-order chi connectivity index (χ1) is 8.13. The van der Waals surface area contributed by atoms with E-state index in [0.717, 1.165) is 23.6 Å². The molecular weight excluding hydrogens is 216 g/mol. The van der Waals surface area contributed by atoms with Crippen molar-refractivity contribution in [3.05, 3.63) is 11.9 Å². The number of nitrogens with one attached hydrogen (secondary N) is 2. The third-order valence-electron chi connectivity index (χ3n) is 3.04. The Hall–Kier alpha value is -1.36. The van der Waals surface area contributed by atoms with Crippen molar-refractivity contribution in [1.82, 2.24) is 9.97 Å². The molecule has 17 heavy (non-hydrogen) atoms. The van der Waals surface area contributed by atoms with E-state index in [4.69, 9.17) is 5.11 Å². The van der Waals surface area contributed by atoms with E-state index in [2.05, 4.69) is 27.5 Å². The second-order valence-corrected chi connectivity index (χ2v) is 4.25. The number of rotatable bonds is 6. The number of hydrogen-bond donors (Lipinski definition) is 3. The van der Waals surface area contributed by atoms with Crippen molar-refractivity contribution in [3.8, 4) is 0 Å². The average molecular weight is 238 g/mol. The van der Waals surface area contributed by atoms with E-state index in [1.54, 1.807) is 6.33 Å². The van der Waals surface area contributed by atoms with Crippen LogP contribution in [0.25, 0.3) is 0 Å². The summed E-state index contributed by atoms with van der Waals surface area (Å²) in [4.78, 5) is 8.46. The van der Waals surface area contributed by atoms with Crippen molar-refractivity contribution < 1.29 is 5.11 Å². The molecule has 96 valence electrons. The van der Waals surface area contributed by atoms with Crippen LogP contribution < -0.4 is 10.6 Å². The molecule has 1 aromatic heterocycles. The van der Waals surface area contributed by atoms with E-state index in [1.807, 2.05) is 20.9 Å². The average Bonchev–Trinajstić information content (AvgIpc) is 2.37.